The summed E-state index contributed by atoms with van der Waals surface area (Å²) in [5.41, 5.74) is 11.7. The third kappa shape index (κ3) is 7.64. The van der Waals surface area contributed by atoms with E-state index in [0.717, 1.165) is 77.9 Å². The highest BCUT2D eigenvalue weighted by Gasteiger charge is 2.13. The Balaban J connectivity index is 0.938. The van der Waals surface area contributed by atoms with Crippen LogP contribution in [-0.2, 0) is 0 Å². The molecule has 0 aliphatic carbocycles. The Morgan fingerprint density at radius 2 is 0.672 bits per heavy atom. The second kappa shape index (κ2) is 16.4. The van der Waals surface area contributed by atoms with Crippen LogP contribution < -0.4 is 9.80 Å². The molecule has 0 amide bonds. The molecule has 0 aliphatic rings. The van der Waals surface area contributed by atoms with Crippen molar-refractivity contribution >= 4 is 80.0 Å². The van der Waals surface area contributed by atoms with Crippen molar-refractivity contribution in [3.8, 4) is 6.07 Å². The van der Waals surface area contributed by atoms with Crippen molar-refractivity contribution in [3.05, 3.63) is 240 Å². The molecule has 9 aromatic rings. The lowest BCUT2D eigenvalue weighted by atomic mass is 9.94. The molecule has 0 heterocycles. The van der Waals surface area contributed by atoms with Crippen LogP contribution in [0.3, 0.4) is 0 Å². The molecule has 9 rings (SSSR count). The SMILES string of the molecule is N#Cc1c2ccc(C=Cc3ccc(N(c4ccccc4)c4ccccc4)cc3)cc2cc2ccc(C=Cc3ccc(N(c4ccccc4)c4ccccc4)cc3)cc12. The fourth-order valence-corrected chi connectivity index (χ4v) is 7.54. The van der Waals surface area contributed by atoms with Crippen molar-refractivity contribution in [1.29, 1.82) is 5.26 Å². The van der Waals surface area contributed by atoms with Crippen molar-refractivity contribution in [2.24, 2.45) is 0 Å². The van der Waals surface area contributed by atoms with E-state index in [4.69, 9.17) is 0 Å². The molecule has 0 aliphatic heterocycles. The molecule has 0 saturated carbocycles. The van der Waals surface area contributed by atoms with Gasteiger partial charge in [-0.3, -0.25) is 0 Å². The summed E-state index contributed by atoms with van der Waals surface area (Å²) in [7, 11) is 0. The van der Waals surface area contributed by atoms with Crippen molar-refractivity contribution in [1.82, 2.24) is 0 Å². The molecule has 58 heavy (non-hydrogen) atoms. The maximum absolute atomic E-state index is 10.4. The van der Waals surface area contributed by atoms with E-state index in [1.165, 1.54) is 0 Å². The molecule has 0 fully saturated rings. The highest BCUT2D eigenvalue weighted by atomic mass is 15.1. The van der Waals surface area contributed by atoms with E-state index < -0.39 is 0 Å². The number of fused-ring (bicyclic) bond motifs is 2. The lowest BCUT2D eigenvalue weighted by Gasteiger charge is -2.25. The van der Waals surface area contributed by atoms with Crippen molar-refractivity contribution in [2.45, 2.75) is 0 Å². The van der Waals surface area contributed by atoms with Gasteiger partial charge in [0, 0.05) is 44.9 Å². The van der Waals surface area contributed by atoms with Crippen molar-refractivity contribution in [2.75, 3.05) is 9.80 Å². The van der Waals surface area contributed by atoms with Gasteiger partial charge in [-0.25, -0.2) is 0 Å². The van der Waals surface area contributed by atoms with Crippen LogP contribution in [0.4, 0.5) is 34.1 Å². The van der Waals surface area contributed by atoms with E-state index in [0.29, 0.717) is 5.56 Å². The standard InChI is InChI=1S/C55H39N3/c56-40-55-53-36-30-43(23-21-41-26-32-51(33-27-41)57(47-13-5-1-6-14-47)48-15-7-2-8-16-48)37-46(53)39-45-31-25-44(38-54(45)55)24-22-42-28-34-52(35-29-42)58(49-17-9-3-10-18-49)50-19-11-4-12-20-50/h1-39H. The van der Waals surface area contributed by atoms with Crippen LogP contribution in [0.2, 0.25) is 0 Å². The molecule has 3 heteroatoms. The van der Waals surface area contributed by atoms with E-state index in [2.05, 4.69) is 228 Å². The fraction of sp³-hybridized carbons (Fsp3) is 0. The molecule has 0 unspecified atom stereocenters. The van der Waals surface area contributed by atoms with E-state index in [1.54, 1.807) is 0 Å². The quantitative estimate of drug-likeness (QED) is 0.103. The number of hydrogen-bond acceptors (Lipinski definition) is 3. The first-order chi connectivity index (χ1) is 28.7. The maximum Gasteiger partial charge on any atom is 0.100 e. The summed E-state index contributed by atoms with van der Waals surface area (Å²) in [5.74, 6) is 0. The van der Waals surface area contributed by atoms with Gasteiger partial charge in [-0.15, -0.1) is 0 Å². The number of hydrogen-bond donors (Lipinski definition) is 0. The van der Waals surface area contributed by atoms with Crippen LogP contribution in [0.15, 0.2) is 212 Å². The van der Waals surface area contributed by atoms with Gasteiger partial charge in [-0.2, -0.15) is 5.26 Å². The van der Waals surface area contributed by atoms with Crippen LogP contribution >= 0.6 is 0 Å². The zero-order chi connectivity index (χ0) is 39.1. The minimum Gasteiger partial charge on any atom is -0.311 e. The molecule has 0 atom stereocenters. The minimum absolute atomic E-state index is 0.696. The molecule has 274 valence electrons. The first-order valence-electron chi connectivity index (χ1n) is 19.5. The van der Waals surface area contributed by atoms with E-state index in [9.17, 15) is 5.26 Å². The van der Waals surface area contributed by atoms with Gasteiger partial charge in [0.25, 0.3) is 0 Å². The lowest BCUT2D eigenvalue weighted by molar-refractivity contribution is 1.28. The van der Waals surface area contributed by atoms with Crippen LogP contribution in [0.25, 0.3) is 45.8 Å². The summed E-state index contributed by atoms with van der Waals surface area (Å²) >= 11 is 0. The summed E-state index contributed by atoms with van der Waals surface area (Å²) in [4.78, 5) is 4.52. The Morgan fingerprint density at radius 1 is 0.310 bits per heavy atom. The average molecular weight is 742 g/mol. The van der Waals surface area contributed by atoms with Crippen molar-refractivity contribution in [3.63, 3.8) is 0 Å². The van der Waals surface area contributed by atoms with E-state index in [1.807, 2.05) is 24.3 Å². The van der Waals surface area contributed by atoms with Gasteiger partial charge in [0.2, 0.25) is 0 Å². The number of rotatable bonds is 10. The number of para-hydroxylation sites is 4. The Kier molecular flexibility index (Phi) is 10.1. The Morgan fingerprint density at radius 3 is 1.10 bits per heavy atom. The monoisotopic (exact) mass is 741 g/mol. The molecule has 9 aromatic carbocycles. The Hall–Kier alpha value is -7.93. The predicted octanol–water partition coefficient (Wildman–Crippen LogP) is 15.1. The van der Waals surface area contributed by atoms with Gasteiger partial charge in [0.15, 0.2) is 0 Å². The molecule has 0 bridgehead atoms. The van der Waals surface area contributed by atoms with Gasteiger partial charge < -0.3 is 9.80 Å². The van der Waals surface area contributed by atoms with Crippen molar-refractivity contribution < 1.29 is 0 Å². The summed E-state index contributed by atoms with van der Waals surface area (Å²) in [6, 6.07) is 76.4. The number of nitriles is 1. The van der Waals surface area contributed by atoms with Crippen LogP contribution in [0.5, 0.6) is 0 Å². The molecule has 3 nitrogen and oxygen atoms in total. The summed E-state index contributed by atoms with van der Waals surface area (Å²) < 4.78 is 0. The molecule has 0 saturated heterocycles. The van der Waals surface area contributed by atoms with Crippen LogP contribution in [-0.4, -0.2) is 0 Å². The third-order valence-corrected chi connectivity index (χ3v) is 10.4. The molecule has 0 spiro atoms. The molecule has 0 aromatic heterocycles. The van der Waals surface area contributed by atoms with E-state index in [-0.39, 0.29) is 0 Å². The molecular formula is C55H39N3. The highest BCUT2D eigenvalue weighted by Crippen LogP contribution is 2.36. The van der Waals surface area contributed by atoms with Gasteiger partial charge in [0.05, 0.1) is 5.56 Å². The largest absolute Gasteiger partial charge is 0.311 e. The number of benzene rings is 9. The second-order valence-corrected chi connectivity index (χ2v) is 14.2. The van der Waals surface area contributed by atoms with Crippen LogP contribution in [0.1, 0.15) is 27.8 Å². The summed E-state index contributed by atoms with van der Waals surface area (Å²) in [5, 5.41) is 14.4. The number of anilines is 6. The highest BCUT2D eigenvalue weighted by molar-refractivity contribution is 6.05. The van der Waals surface area contributed by atoms with Crippen LogP contribution in [0, 0.1) is 11.3 Å². The smallest absolute Gasteiger partial charge is 0.100 e. The molecule has 0 radical (unpaired) electrons. The summed E-state index contributed by atoms with van der Waals surface area (Å²) in [6.07, 6.45) is 8.52. The zero-order valence-electron chi connectivity index (χ0n) is 31.9. The zero-order valence-corrected chi connectivity index (χ0v) is 31.9. The Bertz CT molecular complexity index is 2830. The van der Waals surface area contributed by atoms with E-state index >= 15 is 0 Å². The maximum atomic E-state index is 10.4. The normalized spacial score (nSPS) is 11.3. The topological polar surface area (TPSA) is 30.3 Å². The average Bonchev–Trinajstić information content (AvgIpc) is 3.29. The van der Waals surface area contributed by atoms with Gasteiger partial charge in [-0.05, 0) is 124 Å². The first kappa shape index (κ1) is 35.8. The third-order valence-electron chi connectivity index (χ3n) is 10.4. The minimum atomic E-state index is 0.696. The predicted molar refractivity (Wildman–Crippen MR) is 246 cm³/mol. The first-order valence-corrected chi connectivity index (χ1v) is 19.5. The van der Waals surface area contributed by atoms with Gasteiger partial charge in [-0.1, -0.05) is 146 Å². The number of nitrogens with zero attached hydrogens (tertiary/aromatic N) is 3. The Labute approximate surface area is 339 Å². The fourth-order valence-electron chi connectivity index (χ4n) is 7.54. The van der Waals surface area contributed by atoms with Gasteiger partial charge in [0.1, 0.15) is 6.07 Å². The lowest BCUT2D eigenvalue weighted by Crippen LogP contribution is -2.09. The summed E-state index contributed by atoms with van der Waals surface area (Å²) in [6.45, 7) is 0. The molecular weight excluding hydrogens is 703 g/mol. The second-order valence-electron chi connectivity index (χ2n) is 14.2. The van der Waals surface area contributed by atoms with Gasteiger partial charge >= 0.3 is 0 Å². The molecule has 0 N–H and O–H groups in total.